The minimum Gasteiger partial charge on any atom is -0.311 e. The Balaban J connectivity index is 1.62. The van der Waals surface area contributed by atoms with Gasteiger partial charge in [0.15, 0.2) is 5.65 Å². The molecule has 0 fully saturated rings. The van der Waals surface area contributed by atoms with E-state index in [1.54, 1.807) is 35.2 Å². The molecule has 1 amide bonds. The van der Waals surface area contributed by atoms with Crippen molar-refractivity contribution in [3.63, 3.8) is 0 Å². The first-order valence-corrected chi connectivity index (χ1v) is 8.79. The Kier molecular flexibility index (Phi) is 4.26. The molecule has 0 aliphatic heterocycles. The van der Waals surface area contributed by atoms with E-state index in [1.807, 2.05) is 28.8 Å². The lowest BCUT2D eigenvalue weighted by Crippen LogP contribution is -2.25. The van der Waals surface area contributed by atoms with Crippen molar-refractivity contribution in [2.24, 2.45) is 0 Å². The Morgan fingerprint density at radius 1 is 1.12 bits per heavy atom. The molecule has 4 heterocycles. The lowest BCUT2D eigenvalue weighted by Gasteiger charge is -2.11. The van der Waals surface area contributed by atoms with Gasteiger partial charge in [0, 0.05) is 36.0 Å². The number of hydrogen-bond acceptors (Lipinski definition) is 4. The third-order valence-electron chi connectivity index (χ3n) is 4.05. The summed E-state index contributed by atoms with van der Waals surface area (Å²) in [5.74, 6) is 0.252. The van der Waals surface area contributed by atoms with E-state index in [9.17, 15) is 9.59 Å². The molecule has 8 heteroatoms. The van der Waals surface area contributed by atoms with E-state index in [0.29, 0.717) is 17.0 Å². The fourth-order valence-electron chi connectivity index (χ4n) is 2.86. The van der Waals surface area contributed by atoms with Gasteiger partial charge in [-0.2, -0.15) is 0 Å². The number of pyridine rings is 2. The van der Waals surface area contributed by atoms with Crippen LogP contribution in [-0.4, -0.2) is 24.8 Å². The first-order chi connectivity index (χ1) is 12.6. The van der Waals surface area contributed by atoms with Crippen molar-refractivity contribution in [3.8, 4) is 0 Å². The number of nitrogens with zero attached hydrogens (tertiary/aromatic N) is 4. The number of amides is 1. The Bertz CT molecular complexity index is 1160. The summed E-state index contributed by atoms with van der Waals surface area (Å²) >= 11 is 3.30. The molecule has 0 aliphatic carbocycles. The average Bonchev–Trinajstić information content (AvgIpc) is 3.14. The highest BCUT2D eigenvalue weighted by Gasteiger charge is 2.12. The molecule has 0 aliphatic rings. The lowest BCUT2D eigenvalue weighted by atomic mass is 10.3. The highest BCUT2D eigenvalue weighted by atomic mass is 79.9. The van der Waals surface area contributed by atoms with E-state index in [1.165, 1.54) is 0 Å². The minimum atomic E-state index is -0.217. The van der Waals surface area contributed by atoms with E-state index in [4.69, 9.17) is 0 Å². The molecule has 4 aromatic rings. The van der Waals surface area contributed by atoms with Gasteiger partial charge in [-0.1, -0.05) is 0 Å². The van der Waals surface area contributed by atoms with Gasteiger partial charge < -0.3 is 9.72 Å². The summed E-state index contributed by atoms with van der Waals surface area (Å²) < 4.78 is 4.19. The zero-order chi connectivity index (χ0) is 18.1. The number of aromatic nitrogens is 4. The van der Waals surface area contributed by atoms with Crippen molar-refractivity contribution in [2.45, 2.75) is 13.0 Å². The lowest BCUT2D eigenvalue weighted by molar-refractivity contribution is -0.116. The molecule has 4 rings (SSSR count). The Morgan fingerprint density at radius 3 is 2.77 bits per heavy atom. The molecular formula is C18H14BrN5O2. The SMILES string of the molecule is O=C(CCn1c(=O)c2cccn2c2cccnc21)Nc1ccc(Br)cn1. The van der Waals surface area contributed by atoms with Crippen LogP contribution in [0.25, 0.3) is 16.7 Å². The van der Waals surface area contributed by atoms with Gasteiger partial charge in [-0.3, -0.25) is 14.2 Å². The van der Waals surface area contributed by atoms with Gasteiger partial charge in [0.05, 0.1) is 5.52 Å². The molecule has 7 nitrogen and oxygen atoms in total. The van der Waals surface area contributed by atoms with Gasteiger partial charge in [-0.05, 0) is 52.3 Å². The maximum absolute atomic E-state index is 12.8. The number of nitrogens with one attached hydrogen (secondary N) is 1. The molecule has 0 saturated heterocycles. The molecule has 0 atom stereocenters. The standard InChI is InChI=1S/C18H14BrN5O2/c19-12-5-6-15(21-11-12)22-16(25)7-10-24-17-13(3-1-8-20-17)23-9-2-4-14(23)18(24)26/h1-6,8-9,11H,7,10H2,(H,21,22,25). The molecule has 0 spiro atoms. The van der Waals surface area contributed by atoms with Crippen LogP contribution in [0.15, 0.2) is 64.3 Å². The highest BCUT2D eigenvalue weighted by Crippen LogP contribution is 2.14. The minimum absolute atomic E-state index is 0.139. The Morgan fingerprint density at radius 2 is 1.96 bits per heavy atom. The van der Waals surface area contributed by atoms with Gasteiger partial charge in [-0.15, -0.1) is 0 Å². The maximum atomic E-state index is 12.8. The van der Waals surface area contributed by atoms with Gasteiger partial charge in [-0.25, -0.2) is 9.97 Å². The highest BCUT2D eigenvalue weighted by molar-refractivity contribution is 9.10. The topological polar surface area (TPSA) is 81.3 Å². The predicted octanol–water partition coefficient (Wildman–Crippen LogP) is 2.84. The number of carbonyl (C=O) groups is 1. The first kappa shape index (κ1) is 16.5. The zero-order valence-corrected chi connectivity index (χ0v) is 15.2. The predicted molar refractivity (Wildman–Crippen MR) is 102 cm³/mol. The summed E-state index contributed by atoms with van der Waals surface area (Å²) in [6.45, 7) is 0.233. The van der Waals surface area contributed by atoms with Crippen LogP contribution in [0.1, 0.15) is 6.42 Å². The fourth-order valence-corrected chi connectivity index (χ4v) is 3.09. The van der Waals surface area contributed by atoms with Gasteiger partial charge in [0.2, 0.25) is 5.91 Å². The molecule has 1 N–H and O–H groups in total. The molecule has 0 unspecified atom stereocenters. The van der Waals surface area contributed by atoms with Crippen molar-refractivity contribution >= 4 is 44.3 Å². The fraction of sp³-hybridized carbons (Fsp3) is 0.111. The summed E-state index contributed by atoms with van der Waals surface area (Å²) in [7, 11) is 0. The summed E-state index contributed by atoms with van der Waals surface area (Å²) in [4.78, 5) is 33.4. The van der Waals surface area contributed by atoms with E-state index in [0.717, 1.165) is 9.99 Å². The summed E-state index contributed by atoms with van der Waals surface area (Å²) in [5.41, 5.74) is 1.76. The van der Waals surface area contributed by atoms with Crippen molar-refractivity contribution < 1.29 is 4.79 Å². The largest absolute Gasteiger partial charge is 0.311 e. The number of fused-ring (bicyclic) bond motifs is 3. The normalized spacial score (nSPS) is 11.1. The zero-order valence-electron chi connectivity index (χ0n) is 13.6. The Hall–Kier alpha value is -3.00. The van der Waals surface area contributed by atoms with Crippen molar-refractivity contribution in [2.75, 3.05) is 5.32 Å². The van der Waals surface area contributed by atoms with Crippen LogP contribution in [0.3, 0.4) is 0 Å². The second-order valence-electron chi connectivity index (χ2n) is 5.73. The molecule has 0 aromatic carbocycles. The van der Waals surface area contributed by atoms with Crippen LogP contribution in [0.5, 0.6) is 0 Å². The molecule has 26 heavy (non-hydrogen) atoms. The number of anilines is 1. The number of carbonyl (C=O) groups excluding carboxylic acids is 1. The summed E-state index contributed by atoms with van der Waals surface area (Å²) in [5, 5.41) is 2.73. The molecule has 0 bridgehead atoms. The van der Waals surface area contributed by atoms with E-state index in [2.05, 4.69) is 31.2 Å². The molecule has 4 aromatic heterocycles. The van der Waals surface area contributed by atoms with Crippen LogP contribution >= 0.6 is 15.9 Å². The van der Waals surface area contributed by atoms with Crippen LogP contribution in [-0.2, 0) is 11.3 Å². The van der Waals surface area contributed by atoms with E-state index >= 15 is 0 Å². The van der Waals surface area contributed by atoms with Crippen LogP contribution in [0, 0.1) is 0 Å². The van der Waals surface area contributed by atoms with Gasteiger partial charge in [0.25, 0.3) is 5.56 Å². The summed E-state index contributed by atoms with van der Waals surface area (Å²) in [6, 6.07) is 10.8. The van der Waals surface area contributed by atoms with Crippen molar-refractivity contribution in [1.29, 1.82) is 0 Å². The summed E-state index contributed by atoms with van der Waals surface area (Å²) in [6.07, 6.45) is 5.22. The van der Waals surface area contributed by atoms with Crippen LogP contribution < -0.4 is 10.9 Å². The molecular weight excluding hydrogens is 398 g/mol. The van der Waals surface area contributed by atoms with E-state index in [-0.39, 0.29) is 24.4 Å². The maximum Gasteiger partial charge on any atom is 0.276 e. The number of aryl methyl sites for hydroxylation is 1. The second-order valence-corrected chi connectivity index (χ2v) is 6.64. The first-order valence-electron chi connectivity index (χ1n) is 7.99. The van der Waals surface area contributed by atoms with E-state index < -0.39 is 0 Å². The third-order valence-corrected chi connectivity index (χ3v) is 4.52. The molecule has 0 saturated carbocycles. The van der Waals surface area contributed by atoms with Crippen molar-refractivity contribution in [3.05, 3.63) is 69.8 Å². The van der Waals surface area contributed by atoms with Crippen molar-refractivity contribution in [1.82, 2.24) is 18.9 Å². The molecule has 130 valence electrons. The second kappa shape index (κ2) is 6.72. The quantitative estimate of drug-likeness (QED) is 0.559. The van der Waals surface area contributed by atoms with Crippen LogP contribution in [0.2, 0.25) is 0 Å². The third kappa shape index (κ3) is 2.99. The monoisotopic (exact) mass is 411 g/mol. The van der Waals surface area contributed by atoms with Crippen LogP contribution in [0.4, 0.5) is 5.82 Å². The van der Waals surface area contributed by atoms with Gasteiger partial charge in [0.1, 0.15) is 11.3 Å². The number of rotatable bonds is 4. The Labute approximate surface area is 156 Å². The van der Waals surface area contributed by atoms with Gasteiger partial charge >= 0.3 is 0 Å². The number of hydrogen-bond donors (Lipinski definition) is 1. The molecule has 0 radical (unpaired) electrons. The average molecular weight is 412 g/mol. The smallest absolute Gasteiger partial charge is 0.276 e. The number of halogens is 1.